The Labute approximate surface area is 71.6 Å². The van der Waals surface area contributed by atoms with Gasteiger partial charge in [-0.25, -0.2) is 0 Å². The van der Waals surface area contributed by atoms with Crippen LogP contribution >= 0.6 is 12.4 Å². The fraction of sp³-hybridized carbons (Fsp3) is 0.833. The van der Waals surface area contributed by atoms with Crippen molar-refractivity contribution >= 4 is 18.3 Å². The van der Waals surface area contributed by atoms with Crippen molar-refractivity contribution in [1.82, 2.24) is 5.32 Å². The van der Waals surface area contributed by atoms with E-state index in [-0.39, 0.29) is 12.4 Å². The number of halogens is 1. The summed E-state index contributed by atoms with van der Waals surface area (Å²) in [6.45, 7) is 1.33. The van der Waals surface area contributed by atoms with Crippen LogP contribution in [0.3, 0.4) is 0 Å². The molecular weight excluding hydrogens is 168 g/mol. The van der Waals surface area contributed by atoms with Crippen LogP contribution in [-0.4, -0.2) is 29.7 Å². The van der Waals surface area contributed by atoms with Gasteiger partial charge in [-0.2, -0.15) is 0 Å². The molecule has 1 saturated heterocycles. The summed E-state index contributed by atoms with van der Waals surface area (Å²) in [4.78, 5) is 10.6. The molecule has 0 saturated carbocycles. The van der Waals surface area contributed by atoms with Crippen molar-refractivity contribution in [2.75, 3.05) is 13.1 Å². The van der Waals surface area contributed by atoms with Gasteiger partial charge in [-0.1, -0.05) is 0 Å². The molecule has 0 aliphatic carbocycles. The molecule has 1 aliphatic rings. The average Bonchev–Trinajstić information content (AvgIpc) is 1.89. The molecule has 66 valence electrons. The van der Waals surface area contributed by atoms with Crippen molar-refractivity contribution in [1.29, 1.82) is 0 Å². The van der Waals surface area contributed by atoms with Crippen molar-refractivity contribution in [2.45, 2.75) is 18.4 Å². The highest BCUT2D eigenvalue weighted by Crippen LogP contribution is 2.16. The largest absolute Gasteiger partial charge is 0.380 e. The second-order valence-electron chi connectivity index (χ2n) is 2.65. The van der Waals surface area contributed by atoms with E-state index in [1.54, 1.807) is 0 Å². The van der Waals surface area contributed by atoms with Crippen LogP contribution in [0.4, 0.5) is 0 Å². The number of rotatable bonds is 1. The van der Waals surface area contributed by atoms with Gasteiger partial charge in [-0.05, 0) is 25.9 Å². The van der Waals surface area contributed by atoms with E-state index >= 15 is 0 Å². The number of primary amides is 1. The maximum atomic E-state index is 10.6. The molecule has 11 heavy (non-hydrogen) atoms. The van der Waals surface area contributed by atoms with Crippen LogP contribution in [-0.2, 0) is 4.79 Å². The van der Waals surface area contributed by atoms with Gasteiger partial charge in [-0.15, -0.1) is 12.4 Å². The summed E-state index contributed by atoms with van der Waals surface area (Å²) in [6, 6.07) is 0. The lowest BCUT2D eigenvalue weighted by Crippen LogP contribution is -2.50. The minimum absolute atomic E-state index is 0. The van der Waals surface area contributed by atoms with E-state index in [9.17, 15) is 9.90 Å². The molecule has 4 N–H and O–H groups in total. The molecule has 1 fully saturated rings. The minimum atomic E-state index is -1.24. The number of hydrogen-bond donors (Lipinski definition) is 3. The molecule has 0 unspecified atom stereocenters. The number of aliphatic hydroxyl groups is 1. The predicted molar refractivity (Wildman–Crippen MR) is 43.5 cm³/mol. The lowest BCUT2D eigenvalue weighted by molar-refractivity contribution is -0.138. The molecule has 1 heterocycles. The Morgan fingerprint density at radius 3 is 2.18 bits per heavy atom. The Hall–Kier alpha value is -0.320. The molecule has 0 aromatic carbocycles. The summed E-state index contributed by atoms with van der Waals surface area (Å²) in [5.74, 6) is -0.603. The normalized spacial score (nSPS) is 21.9. The third kappa shape index (κ3) is 2.32. The van der Waals surface area contributed by atoms with Gasteiger partial charge in [0.1, 0.15) is 5.60 Å². The van der Waals surface area contributed by atoms with Crippen LogP contribution in [0.2, 0.25) is 0 Å². The molecule has 1 amide bonds. The molecule has 1 aliphatic heterocycles. The number of nitrogens with two attached hydrogens (primary N) is 1. The lowest BCUT2D eigenvalue weighted by Gasteiger charge is -2.28. The van der Waals surface area contributed by atoms with Gasteiger partial charge in [0.25, 0.3) is 0 Å². The van der Waals surface area contributed by atoms with E-state index in [0.717, 1.165) is 0 Å². The topological polar surface area (TPSA) is 75.4 Å². The zero-order chi connectivity index (χ0) is 7.61. The van der Waals surface area contributed by atoms with E-state index in [1.165, 1.54) is 0 Å². The van der Waals surface area contributed by atoms with Crippen LogP contribution in [0.25, 0.3) is 0 Å². The van der Waals surface area contributed by atoms with Crippen molar-refractivity contribution in [3.63, 3.8) is 0 Å². The predicted octanol–water partition coefficient (Wildman–Crippen LogP) is -0.992. The molecule has 5 heteroatoms. The van der Waals surface area contributed by atoms with Gasteiger partial charge in [0.2, 0.25) is 5.91 Å². The van der Waals surface area contributed by atoms with Crippen LogP contribution in [0, 0.1) is 0 Å². The monoisotopic (exact) mass is 180 g/mol. The zero-order valence-corrected chi connectivity index (χ0v) is 6.99. The highest BCUT2D eigenvalue weighted by molar-refractivity contribution is 5.85. The molecule has 1 rings (SSSR count). The van der Waals surface area contributed by atoms with Crippen molar-refractivity contribution < 1.29 is 9.90 Å². The Balaban J connectivity index is 0.000001000. The molecule has 0 aromatic rings. The maximum absolute atomic E-state index is 10.6. The summed E-state index contributed by atoms with van der Waals surface area (Å²) in [6.07, 6.45) is 0.866. The molecule has 0 spiro atoms. The summed E-state index contributed by atoms with van der Waals surface area (Å²) in [5.41, 5.74) is 3.74. The Bertz CT molecular complexity index is 146. The standard InChI is InChI=1S/C6H12N2O2.ClH/c7-5(9)6(10)1-3-8-4-2-6;/h8,10H,1-4H2,(H2,7,9);1H. The first kappa shape index (κ1) is 10.7. The van der Waals surface area contributed by atoms with E-state index < -0.39 is 11.5 Å². The first-order valence-electron chi connectivity index (χ1n) is 3.38. The minimum Gasteiger partial charge on any atom is -0.380 e. The summed E-state index contributed by atoms with van der Waals surface area (Å²) in [7, 11) is 0. The van der Waals surface area contributed by atoms with Crippen LogP contribution < -0.4 is 11.1 Å². The zero-order valence-electron chi connectivity index (χ0n) is 6.17. The SMILES string of the molecule is Cl.NC(=O)C1(O)CCNCC1. The number of carbonyl (C=O) groups excluding carboxylic acids is 1. The van der Waals surface area contributed by atoms with Crippen LogP contribution in [0.15, 0.2) is 0 Å². The quantitative estimate of drug-likeness (QED) is 0.485. The maximum Gasteiger partial charge on any atom is 0.249 e. The van der Waals surface area contributed by atoms with E-state index in [4.69, 9.17) is 5.73 Å². The van der Waals surface area contributed by atoms with Gasteiger partial charge >= 0.3 is 0 Å². The number of piperidine rings is 1. The van der Waals surface area contributed by atoms with E-state index in [2.05, 4.69) is 5.32 Å². The first-order chi connectivity index (χ1) is 4.65. The van der Waals surface area contributed by atoms with Crippen molar-refractivity contribution in [3.8, 4) is 0 Å². The summed E-state index contributed by atoms with van der Waals surface area (Å²) < 4.78 is 0. The fourth-order valence-corrected chi connectivity index (χ4v) is 1.09. The number of hydrogen-bond acceptors (Lipinski definition) is 3. The molecule has 0 radical (unpaired) electrons. The highest BCUT2D eigenvalue weighted by Gasteiger charge is 2.34. The molecular formula is C6H13ClN2O2. The molecule has 4 nitrogen and oxygen atoms in total. The average molecular weight is 181 g/mol. The smallest absolute Gasteiger partial charge is 0.249 e. The van der Waals surface area contributed by atoms with E-state index in [1.807, 2.05) is 0 Å². The second kappa shape index (κ2) is 3.90. The third-order valence-corrected chi connectivity index (χ3v) is 1.89. The van der Waals surface area contributed by atoms with E-state index in [0.29, 0.717) is 25.9 Å². The number of carbonyl (C=O) groups is 1. The summed E-state index contributed by atoms with van der Waals surface area (Å²) >= 11 is 0. The Morgan fingerprint density at radius 1 is 1.45 bits per heavy atom. The fourth-order valence-electron chi connectivity index (χ4n) is 1.09. The van der Waals surface area contributed by atoms with Crippen LogP contribution in [0.5, 0.6) is 0 Å². The Morgan fingerprint density at radius 2 is 1.91 bits per heavy atom. The molecule has 0 atom stereocenters. The summed E-state index contributed by atoms with van der Waals surface area (Å²) in [5, 5.41) is 12.5. The van der Waals surface area contributed by atoms with Gasteiger partial charge in [0, 0.05) is 0 Å². The van der Waals surface area contributed by atoms with Crippen molar-refractivity contribution in [3.05, 3.63) is 0 Å². The first-order valence-corrected chi connectivity index (χ1v) is 3.38. The second-order valence-corrected chi connectivity index (χ2v) is 2.65. The van der Waals surface area contributed by atoms with Gasteiger partial charge < -0.3 is 16.2 Å². The lowest BCUT2D eigenvalue weighted by atomic mass is 9.92. The Kier molecular flexibility index (Phi) is 3.78. The highest BCUT2D eigenvalue weighted by atomic mass is 35.5. The van der Waals surface area contributed by atoms with Gasteiger partial charge in [0.15, 0.2) is 0 Å². The number of nitrogens with one attached hydrogen (secondary N) is 1. The van der Waals surface area contributed by atoms with Crippen LogP contribution in [0.1, 0.15) is 12.8 Å². The molecule has 0 bridgehead atoms. The molecule has 0 aromatic heterocycles. The van der Waals surface area contributed by atoms with Gasteiger partial charge in [0.05, 0.1) is 0 Å². The van der Waals surface area contributed by atoms with Crippen molar-refractivity contribution in [2.24, 2.45) is 5.73 Å². The van der Waals surface area contributed by atoms with Gasteiger partial charge in [-0.3, -0.25) is 4.79 Å². The number of amides is 1. The third-order valence-electron chi connectivity index (χ3n) is 1.89.